The molecule has 3 heterocycles. The van der Waals surface area contributed by atoms with E-state index < -0.39 is 35.8 Å². The molecular formula is C22H26F2N4O4. The fraction of sp³-hybridized carbons (Fsp3) is 0.500. The standard InChI is InChI=1S/C22H26F2N4O4/c1-21(2,3)32-20(30)27-12-22(11-23)9-13(29)10-28(22)17-8-16(25-26-19(17)27)14-6-5-7-15(24)18(14)31-4/h5-8,13,29H,9-12H2,1-4H3/t13-,22+/m1/s1. The van der Waals surface area contributed by atoms with Crippen LogP contribution >= 0.6 is 0 Å². The number of carbonyl (C=O) groups is 1. The fourth-order valence-corrected chi connectivity index (χ4v) is 4.34. The zero-order valence-corrected chi connectivity index (χ0v) is 18.4. The Balaban J connectivity index is 1.86. The van der Waals surface area contributed by atoms with Crippen LogP contribution in [-0.4, -0.2) is 65.5 Å². The summed E-state index contributed by atoms with van der Waals surface area (Å²) in [4.78, 5) is 15.9. The molecule has 0 aliphatic carbocycles. The lowest BCUT2D eigenvalue weighted by Gasteiger charge is -2.46. The number of anilines is 2. The van der Waals surface area contributed by atoms with Gasteiger partial charge in [0.25, 0.3) is 0 Å². The second kappa shape index (κ2) is 7.84. The van der Waals surface area contributed by atoms with E-state index in [2.05, 4.69) is 10.2 Å². The summed E-state index contributed by atoms with van der Waals surface area (Å²) >= 11 is 0. The maximum absolute atomic E-state index is 14.4. The quantitative estimate of drug-likeness (QED) is 0.771. The van der Waals surface area contributed by atoms with E-state index in [1.807, 2.05) is 0 Å². The van der Waals surface area contributed by atoms with Crippen molar-refractivity contribution >= 4 is 17.6 Å². The molecule has 4 rings (SSSR count). The summed E-state index contributed by atoms with van der Waals surface area (Å²) in [5.41, 5.74) is -0.833. The molecule has 0 unspecified atom stereocenters. The van der Waals surface area contributed by atoms with Gasteiger partial charge in [-0.1, -0.05) is 6.07 Å². The second-order valence-corrected chi connectivity index (χ2v) is 9.15. The van der Waals surface area contributed by atoms with Crippen molar-refractivity contribution in [3.05, 3.63) is 30.1 Å². The van der Waals surface area contributed by atoms with Gasteiger partial charge < -0.3 is 19.5 Å². The van der Waals surface area contributed by atoms with Crippen LogP contribution in [0.5, 0.6) is 5.75 Å². The predicted octanol–water partition coefficient (Wildman–Crippen LogP) is 3.33. The molecule has 1 aromatic heterocycles. The highest BCUT2D eigenvalue weighted by atomic mass is 19.1. The number of aliphatic hydroxyl groups excluding tert-OH is 1. The number of ether oxygens (including phenoxy) is 2. The van der Waals surface area contributed by atoms with Crippen molar-refractivity contribution in [3.63, 3.8) is 0 Å². The third-order valence-electron chi connectivity index (χ3n) is 5.65. The highest BCUT2D eigenvalue weighted by molar-refractivity contribution is 5.94. The molecule has 0 saturated carbocycles. The molecule has 2 atom stereocenters. The number of amides is 1. The molecule has 0 bridgehead atoms. The maximum atomic E-state index is 14.4. The highest BCUT2D eigenvalue weighted by Gasteiger charge is 2.53. The molecular weight excluding hydrogens is 422 g/mol. The summed E-state index contributed by atoms with van der Waals surface area (Å²) in [5.74, 6) is -0.370. The number of carbonyl (C=O) groups excluding carboxylic acids is 1. The van der Waals surface area contributed by atoms with Gasteiger partial charge in [0.15, 0.2) is 17.4 Å². The van der Waals surface area contributed by atoms with Crippen LogP contribution in [0.1, 0.15) is 27.2 Å². The van der Waals surface area contributed by atoms with Gasteiger partial charge >= 0.3 is 6.09 Å². The number of hydrogen-bond donors (Lipinski definition) is 1. The van der Waals surface area contributed by atoms with E-state index in [1.54, 1.807) is 37.8 Å². The Kier molecular flexibility index (Phi) is 5.44. The lowest BCUT2D eigenvalue weighted by atomic mass is 9.93. The van der Waals surface area contributed by atoms with Crippen molar-refractivity contribution in [1.82, 2.24) is 10.2 Å². The van der Waals surface area contributed by atoms with Crippen molar-refractivity contribution < 1.29 is 28.2 Å². The third kappa shape index (κ3) is 3.72. The molecule has 172 valence electrons. The van der Waals surface area contributed by atoms with Crippen LogP contribution in [0.4, 0.5) is 25.1 Å². The summed E-state index contributed by atoms with van der Waals surface area (Å²) in [6.45, 7) is 4.54. The van der Waals surface area contributed by atoms with Gasteiger partial charge in [0.2, 0.25) is 0 Å². The van der Waals surface area contributed by atoms with E-state index in [4.69, 9.17) is 9.47 Å². The van der Waals surface area contributed by atoms with Crippen LogP contribution in [-0.2, 0) is 4.74 Å². The van der Waals surface area contributed by atoms with E-state index in [0.29, 0.717) is 16.9 Å². The van der Waals surface area contributed by atoms with Gasteiger partial charge in [-0.25, -0.2) is 13.6 Å². The Morgan fingerprint density at radius 2 is 2.09 bits per heavy atom. The number of rotatable bonds is 3. The third-order valence-corrected chi connectivity index (χ3v) is 5.65. The minimum atomic E-state index is -1.13. The van der Waals surface area contributed by atoms with E-state index in [-0.39, 0.29) is 31.1 Å². The SMILES string of the molecule is COc1c(F)cccc1-c1cc2c(nn1)N(C(=O)OC(C)(C)C)C[C@@]1(CF)C[C@@H](O)CN21. The number of β-amino-alcohol motifs (C(OH)–C–C–N with tert-alkyl or cyclic N) is 1. The maximum Gasteiger partial charge on any atom is 0.416 e. The predicted molar refractivity (Wildman–Crippen MR) is 114 cm³/mol. The molecule has 2 aliphatic heterocycles. The van der Waals surface area contributed by atoms with Crippen LogP contribution in [0.2, 0.25) is 0 Å². The number of nitrogens with zero attached hydrogens (tertiary/aromatic N) is 4. The Morgan fingerprint density at radius 3 is 2.75 bits per heavy atom. The molecule has 1 amide bonds. The molecule has 1 N–H and O–H groups in total. The summed E-state index contributed by atoms with van der Waals surface area (Å²) in [6.07, 6.45) is -1.32. The summed E-state index contributed by atoms with van der Waals surface area (Å²) in [5, 5.41) is 18.8. The first-order valence-electron chi connectivity index (χ1n) is 10.3. The Hall–Kier alpha value is -3.01. The van der Waals surface area contributed by atoms with Crippen LogP contribution < -0.4 is 14.5 Å². The smallest absolute Gasteiger partial charge is 0.416 e. The van der Waals surface area contributed by atoms with Crippen LogP contribution in [0.3, 0.4) is 0 Å². The first-order valence-corrected chi connectivity index (χ1v) is 10.3. The molecule has 2 aliphatic rings. The van der Waals surface area contributed by atoms with Crippen LogP contribution in [0.15, 0.2) is 24.3 Å². The largest absolute Gasteiger partial charge is 0.493 e. The highest BCUT2D eigenvalue weighted by Crippen LogP contribution is 2.46. The Labute approximate surface area is 184 Å². The minimum absolute atomic E-state index is 0.000214. The minimum Gasteiger partial charge on any atom is -0.493 e. The molecule has 1 saturated heterocycles. The first kappa shape index (κ1) is 22.2. The van der Waals surface area contributed by atoms with Gasteiger partial charge in [-0.15, -0.1) is 10.2 Å². The number of alkyl halides is 1. The fourth-order valence-electron chi connectivity index (χ4n) is 4.34. The zero-order valence-electron chi connectivity index (χ0n) is 18.4. The monoisotopic (exact) mass is 448 g/mol. The van der Waals surface area contributed by atoms with Crippen molar-refractivity contribution in [2.24, 2.45) is 0 Å². The zero-order chi connectivity index (χ0) is 23.3. The topological polar surface area (TPSA) is 88.0 Å². The van der Waals surface area contributed by atoms with Gasteiger partial charge in [0.1, 0.15) is 12.3 Å². The van der Waals surface area contributed by atoms with Crippen molar-refractivity contribution in [1.29, 1.82) is 0 Å². The normalized spacial score (nSPS) is 22.4. The molecule has 10 heteroatoms. The van der Waals surface area contributed by atoms with Gasteiger partial charge in [-0.2, -0.15) is 0 Å². The van der Waals surface area contributed by atoms with Gasteiger partial charge in [-0.05, 0) is 39.0 Å². The van der Waals surface area contributed by atoms with Crippen molar-refractivity contribution in [2.75, 3.05) is 36.7 Å². The van der Waals surface area contributed by atoms with E-state index in [1.165, 1.54) is 24.1 Å². The van der Waals surface area contributed by atoms with Gasteiger partial charge in [-0.3, -0.25) is 4.90 Å². The van der Waals surface area contributed by atoms with E-state index in [9.17, 15) is 18.7 Å². The molecule has 2 aromatic rings. The summed E-state index contributed by atoms with van der Waals surface area (Å²) < 4.78 is 39.4. The second-order valence-electron chi connectivity index (χ2n) is 9.15. The van der Waals surface area contributed by atoms with Crippen LogP contribution in [0.25, 0.3) is 11.3 Å². The lowest BCUT2D eigenvalue weighted by molar-refractivity contribution is 0.0562. The number of fused-ring (bicyclic) bond motifs is 3. The summed E-state index contributed by atoms with van der Waals surface area (Å²) in [7, 11) is 1.35. The Morgan fingerprint density at radius 1 is 1.34 bits per heavy atom. The number of hydrogen-bond acceptors (Lipinski definition) is 7. The molecule has 1 aromatic carbocycles. The van der Waals surface area contributed by atoms with Gasteiger partial charge in [0, 0.05) is 18.5 Å². The van der Waals surface area contributed by atoms with E-state index in [0.717, 1.165) is 0 Å². The first-order chi connectivity index (χ1) is 15.1. The number of aromatic nitrogens is 2. The van der Waals surface area contributed by atoms with Crippen molar-refractivity contribution in [2.45, 2.75) is 44.4 Å². The number of halogens is 2. The average molecular weight is 448 g/mol. The molecule has 32 heavy (non-hydrogen) atoms. The Bertz CT molecular complexity index is 1050. The number of benzene rings is 1. The number of aliphatic hydroxyl groups is 1. The molecule has 8 nitrogen and oxygen atoms in total. The molecule has 1 fully saturated rings. The molecule has 0 spiro atoms. The van der Waals surface area contributed by atoms with Gasteiger partial charge in [0.05, 0.1) is 36.7 Å². The molecule has 0 radical (unpaired) electrons. The average Bonchev–Trinajstić information content (AvgIpc) is 3.08. The number of para-hydroxylation sites is 1. The summed E-state index contributed by atoms with van der Waals surface area (Å²) in [6, 6.07) is 6.03. The van der Waals surface area contributed by atoms with Crippen LogP contribution in [0, 0.1) is 5.82 Å². The van der Waals surface area contributed by atoms with E-state index >= 15 is 0 Å². The number of methoxy groups -OCH3 is 1. The van der Waals surface area contributed by atoms with Crippen molar-refractivity contribution in [3.8, 4) is 17.0 Å². The lowest BCUT2D eigenvalue weighted by Crippen LogP contribution is -2.60.